The number of ether oxygens (including phenoxy) is 1. The van der Waals surface area contributed by atoms with Crippen molar-refractivity contribution in [3.63, 3.8) is 0 Å². The first-order chi connectivity index (χ1) is 12.4. The van der Waals surface area contributed by atoms with E-state index < -0.39 is 24.5 Å². The van der Waals surface area contributed by atoms with Crippen molar-refractivity contribution < 1.29 is 23.9 Å². The second kappa shape index (κ2) is 8.98. The number of carbonyl (C=O) groups excluding carboxylic acids is 4. The Morgan fingerprint density at radius 1 is 1.23 bits per heavy atom. The summed E-state index contributed by atoms with van der Waals surface area (Å²) in [5.74, 6) is -1.45. The average Bonchev–Trinajstić information content (AvgIpc) is 3.06. The quantitative estimate of drug-likeness (QED) is 0.693. The molecule has 1 aromatic rings. The van der Waals surface area contributed by atoms with Crippen LogP contribution in [0.3, 0.4) is 0 Å². The lowest BCUT2D eigenvalue weighted by atomic mass is 10.2. The molecule has 1 saturated heterocycles. The van der Waals surface area contributed by atoms with Gasteiger partial charge in [0.15, 0.2) is 6.61 Å². The van der Waals surface area contributed by atoms with E-state index in [1.165, 1.54) is 0 Å². The summed E-state index contributed by atoms with van der Waals surface area (Å²) in [6, 6.07) is 5.75. The number of anilines is 1. The third kappa shape index (κ3) is 5.05. The van der Waals surface area contributed by atoms with Gasteiger partial charge in [-0.15, -0.1) is 0 Å². The van der Waals surface area contributed by atoms with E-state index in [2.05, 4.69) is 10.6 Å². The van der Waals surface area contributed by atoms with Gasteiger partial charge in [-0.1, -0.05) is 0 Å². The molecular formula is C18H23N3O5. The first kappa shape index (κ1) is 19.4. The van der Waals surface area contributed by atoms with Crippen LogP contribution in [0.4, 0.5) is 5.69 Å². The van der Waals surface area contributed by atoms with Gasteiger partial charge in [0.1, 0.15) is 6.04 Å². The van der Waals surface area contributed by atoms with Gasteiger partial charge >= 0.3 is 5.97 Å². The molecule has 0 saturated carbocycles. The minimum Gasteiger partial charge on any atom is -0.452 e. The molecular weight excluding hydrogens is 338 g/mol. The number of benzene rings is 1. The number of nitrogens with one attached hydrogen (secondary N) is 2. The number of nitrogens with zero attached hydrogens (tertiary/aromatic N) is 1. The fraction of sp³-hybridized carbons (Fsp3) is 0.444. The normalized spacial score (nSPS) is 14.7. The molecule has 2 N–H and O–H groups in total. The Morgan fingerprint density at radius 3 is 2.50 bits per heavy atom. The first-order valence-electron chi connectivity index (χ1n) is 8.57. The molecule has 2 rings (SSSR count). The lowest BCUT2D eigenvalue weighted by Crippen LogP contribution is -2.46. The number of amides is 3. The Labute approximate surface area is 151 Å². The van der Waals surface area contributed by atoms with Crippen LogP contribution in [-0.2, 0) is 19.1 Å². The summed E-state index contributed by atoms with van der Waals surface area (Å²) in [4.78, 5) is 48.7. The average molecular weight is 361 g/mol. The van der Waals surface area contributed by atoms with Crippen LogP contribution in [0.1, 0.15) is 37.0 Å². The maximum atomic E-state index is 12.0. The zero-order valence-electron chi connectivity index (χ0n) is 14.9. The number of hydrogen-bond acceptors (Lipinski definition) is 5. The summed E-state index contributed by atoms with van der Waals surface area (Å²) in [7, 11) is 0. The highest BCUT2D eigenvalue weighted by molar-refractivity contribution is 5.96. The second-order valence-corrected chi connectivity index (χ2v) is 5.96. The second-order valence-electron chi connectivity index (χ2n) is 5.96. The molecule has 0 spiro atoms. The summed E-state index contributed by atoms with van der Waals surface area (Å²) in [6.45, 7) is 3.98. The highest BCUT2D eigenvalue weighted by Gasteiger charge is 2.22. The molecule has 1 atom stereocenters. The summed E-state index contributed by atoms with van der Waals surface area (Å²) < 4.78 is 4.95. The summed E-state index contributed by atoms with van der Waals surface area (Å²) in [6.07, 6.45) is 1.36. The lowest BCUT2D eigenvalue weighted by Gasteiger charge is -2.16. The van der Waals surface area contributed by atoms with E-state index in [9.17, 15) is 19.2 Å². The van der Waals surface area contributed by atoms with Crippen LogP contribution in [-0.4, -0.2) is 49.4 Å². The SMILES string of the molecule is CCNC(=O)[C@H](C)NC(=O)COC(=O)c1ccc(N2CCCC2=O)cc1. The summed E-state index contributed by atoms with van der Waals surface area (Å²) >= 11 is 0. The third-order valence-electron chi connectivity index (χ3n) is 3.94. The van der Waals surface area contributed by atoms with Gasteiger partial charge in [0, 0.05) is 25.2 Å². The Balaban J connectivity index is 1.83. The van der Waals surface area contributed by atoms with Crippen molar-refractivity contribution in [3.05, 3.63) is 29.8 Å². The summed E-state index contributed by atoms with van der Waals surface area (Å²) in [5, 5.41) is 5.03. The molecule has 26 heavy (non-hydrogen) atoms. The van der Waals surface area contributed by atoms with E-state index >= 15 is 0 Å². The van der Waals surface area contributed by atoms with Crippen molar-refractivity contribution in [2.45, 2.75) is 32.7 Å². The molecule has 140 valence electrons. The van der Waals surface area contributed by atoms with Crippen molar-refractivity contribution in [2.75, 3.05) is 24.6 Å². The van der Waals surface area contributed by atoms with Crippen LogP contribution in [0.15, 0.2) is 24.3 Å². The largest absolute Gasteiger partial charge is 0.452 e. The van der Waals surface area contributed by atoms with Crippen molar-refractivity contribution in [1.82, 2.24) is 10.6 Å². The van der Waals surface area contributed by atoms with Crippen molar-refractivity contribution in [1.29, 1.82) is 0 Å². The van der Waals surface area contributed by atoms with Crippen LogP contribution in [0.25, 0.3) is 0 Å². The number of hydrogen-bond donors (Lipinski definition) is 2. The van der Waals surface area contributed by atoms with E-state index in [0.717, 1.165) is 12.1 Å². The number of esters is 1. The molecule has 3 amide bonds. The van der Waals surface area contributed by atoms with Gasteiger partial charge in [-0.05, 0) is 44.5 Å². The minimum absolute atomic E-state index is 0.0678. The summed E-state index contributed by atoms with van der Waals surface area (Å²) in [5.41, 5.74) is 1.02. The van der Waals surface area contributed by atoms with Gasteiger partial charge in [0.2, 0.25) is 11.8 Å². The molecule has 1 aliphatic rings. The van der Waals surface area contributed by atoms with Gasteiger partial charge < -0.3 is 20.3 Å². The fourth-order valence-electron chi connectivity index (χ4n) is 2.59. The predicted octanol–water partition coefficient (Wildman–Crippen LogP) is 0.611. The molecule has 0 bridgehead atoms. The molecule has 1 aliphatic heterocycles. The van der Waals surface area contributed by atoms with Crippen LogP contribution >= 0.6 is 0 Å². The zero-order chi connectivity index (χ0) is 19.1. The predicted molar refractivity (Wildman–Crippen MR) is 94.6 cm³/mol. The minimum atomic E-state index is -0.710. The molecule has 8 heteroatoms. The van der Waals surface area contributed by atoms with E-state index in [-0.39, 0.29) is 17.4 Å². The number of carbonyl (C=O) groups is 4. The van der Waals surface area contributed by atoms with Gasteiger partial charge in [0.25, 0.3) is 5.91 Å². The van der Waals surface area contributed by atoms with E-state index in [4.69, 9.17) is 4.74 Å². The lowest BCUT2D eigenvalue weighted by molar-refractivity contribution is -0.130. The molecule has 0 aliphatic carbocycles. The van der Waals surface area contributed by atoms with Gasteiger partial charge in [-0.2, -0.15) is 0 Å². The molecule has 8 nitrogen and oxygen atoms in total. The molecule has 0 radical (unpaired) electrons. The smallest absolute Gasteiger partial charge is 0.338 e. The topological polar surface area (TPSA) is 105 Å². The van der Waals surface area contributed by atoms with Crippen LogP contribution in [0, 0.1) is 0 Å². The highest BCUT2D eigenvalue weighted by atomic mass is 16.5. The van der Waals surface area contributed by atoms with Gasteiger partial charge in [0.05, 0.1) is 5.56 Å². The van der Waals surface area contributed by atoms with Crippen molar-refractivity contribution in [2.24, 2.45) is 0 Å². The van der Waals surface area contributed by atoms with Gasteiger partial charge in [-0.3, -0.25) is 14.4 Å². The van der Waals surface area contributed by atoms with Crippen molar-refractivity contribution >= 4 is 29.4 Å². The highest BCUT2D eigenvalue weighted by Crippen LogP contribution is 2.21. The molecule has 0 aromatic heterocycles. The number of rotatable bonds is 7. The third-order valence-corrected chi connectivity index (χ3v) is 3.94. The first-order valence-corrected chi connectivity index (χ1v) is 8.57. The Bertz CT molecular complexity index is 687. The number of likely N-dealkylation sites (N-methyl/N-ethyl adjacent to an activating group) is 1. The fourth-order valence-corrected chi connectivity index (χ4v) is 2.59. The van der Waals surface area contributed by atoms with Crippen LogP contribution < -0.4 is 15.5 Å². The molecule has 1 heterocycles. The van der Waals surface area contributed by atoms with E-state index in [1.807, 2.05) is 0 Å². The molecule has 1 aromatic carbocycles. The van der Waals surface area contributed by atoms with Gasteiger partial charge in [-0.25, -0.2) is 4.79 Å². The monoisotopic (exact) mass is 361 g/mol. The van der Waals surface area contributed by atoms with E-state index in [1.54, 1.807) is 43.0 Å². The molecule has 0 unspecified atom stereocenters. The van der Waals surface area contributed by atoms with E-state index in [0.29, 0.717) is 19.5 Å². The van der Waals surface area contributed by atoms with Crippen LogP contribution in [0.2, 0.25) is 0 Å². The zero-order valence-corrected chi connectivity index (χ0v) is 14.9. The van der Waals surface area contributed by atoms with Crippen molar-refractivity contribution in [3.8, 4) is 0 Å². The maximum absolute atomic E-state index is 12.0. The molecule has 1 fully saturated rings. The van der Waals surface area contributed by atoms with Crippen LogP contribution in [0.5, 0.6) is 0 Å². The Kier molecular flexibility index (Phi) is 6.71. The standard InChI is InChI=1S/C18H23N3O5/c1-3-19-17(24)12(2)20-15(22)11-26-18(25)13-6-8-14(9-7-13)21-10-4-5-16(21)23/h6-9,12H,3-5,10-11H2,1-2H3,(H,19,24)(H,20,22)/t12-/m0/s1. The Morgan fingerprint density at radius 2 is 1.92 bits per heavy atom. The maximum Gasteiger partial charge on any atom is 0.338 e. The Hall–Kier alpha value is -2.90.